The molecule has 1 N–H and O–H groups in total. The van der Waals surface area contributed by atoms with Crippen LogP contribution in [0.1, 0.15) is 16.7 Å². The number of nitrogens with one attached hydrogen (secondary N) is 1. The van der Waals surface area contributed by atoms with Crippen LogP contribution in [-0.4, -0.2) is 34.5 Å². The summed E-state index contributed by atoms with van der Waals surface area (Å²) in [5.74, 6) is 0. The molecule has 28 heavy (non-hydrogen) atoms. The SMILES string of the molecule is Cc1cc(-n2ncc(=O)[nH]c2=O)cc(C)c1S(=O)(=O)N(C)Cc1ccccc1. The first-order chi connectivity index (χ1) is 13.2. The summed E-state index contributed by atoms with van der Waals surface area (Å²) in [6, 6.07) is 12.4. The topological polar surface area (TPSA) is 105 Å². The van der Waals surface area contributed by atoms with Crippen molar-refractivity contribution in [2.24, 2.45) is 0 Å². The first-order valence-electron chi connectivity index (χ1n) is 8.50. The van der Waals surface area contributed by atoms with Crippen molar-refractivity contribution in [2.75, 3.05) is 7.05 Å². The number of sulfonamides is 1. The molecule has 0 bridgehead atoms. The average Bonchev–Trinajstić information content (AvgIpc) is 2.61. The molecule has 0 saturated carbocycles. The van der Waals surface area contributed by atoms with Gasteiger partial charge in [-0.3, -0.25) is 9.78 Å². The predicted molar refractivity (Wildman–Crippen MR) is 105 cm³/mol. The first kappa shape index (κ1) is 19.7. The summed E-state index contributed by atoms with van der Waals surface area (Å²) in [5.41, 5.74) is 0.926. The zero-order valence-electron chi connectivity index (χ0n) is 15.7. The highest BCUT2D eigenvalue weighted by molar-refractivity contribution is 7.89. The Bertz CT molecular complexity index is 1210. The van der Waals surface area contributed by atoms with Crippen LogP contribution in [0.2, 0.25) is 0 Å². The number of hydrogen-bond acceptors (Lipinski definition) is 5. The molecule has 2 aromatic carbocycles. The first-order valence-corrected chi connectivity index (χ1v) is 9.94. The highest BCUT2D eigenvalue weighted by atomic mass is 32.2. The molecule has 3 rings (SSSR count). The zero-order chi connectivity index (χ0) is 20.5. The van der Waals surface area contributed by atoms with E-state index < -0.39 is 21.3 Å². The summed E-state index contributed by atoms with van der Waals surface area (Å²) in [6.45, 7) is 3.57. The number of benzene rings is 2. The summed E-state index contributed by atoms with van der Waals surface area (Å²) in [7, 11) is -2.22. The van der Waals surface area contributed by atoms with Gasteiger partial charge in [-0.1, -0.05) is 30.3 Å². The fourth-order valence-electron chi connectivity index (χ4n) is 3.08. The van der Waals surface area contributed by atoms with Crippen LogP contribution in [0.15, 0.2) is 63.1 Å². The Morgan fingerprint density at radius 2 is 1.68 bits per heavy atom. The lowest BCUT2D eigenvalue weighted by Crippen LogP contribution is -2.31. The largest absolute Gasteiger partial charge is 0.349 e. The van der Waals surface area contributed by atoms with Crippen molar-refractivity contribution in [3.63, 3.8) is 0 Å². The zero-order valence-corrected chi connectivity index (χ0v) is 16.5. The summed E-state index contributed by atoms with van der Waals surface area (Å²) < 4.78 is 28.6. The predicted octanol–water partition coefficient (Wildman–Crippen LogP) is 1.36. The summed E-state index contributed by atoms with van der Waals surface area (Å²) in [5, 5.41) is 3.81. The van der Waals surface area contributed by atoms with Crippen LogP contribution in [0.4, 0.5) is 0 Å². The van der Waals surface area contributed by atoms with Crippen molar-refractivity contribution < 1.29 is 8.42 Å². The molecule has 1 heterocycles. The van der Waals surface area contributed by atoms with E-state index in [0.29, 0.717) is 16.8 Å². The van der Waals surface area contributed by atoms with Crippen LogP contribution in [-0.2, 0) is 16.6 Å². The van der Waals surface area contributed by atoms with Crippen LogP contribution >= 0.6 is 0 Å². The van der Waals surface area contributed by atoms with E-state index in [4.69, 9.17) is 0 Å². The van der Waals surface area contributed by atoms with Crippen LogP contribution in [0, 0.1) is 13.8 Å². The van der Waals surface area contributed by atoms with Crippen LogP contribution in [0.25, 0.3) is 5.69 Å². The van der Waals surface area contributed by atoms with Crippen molar-refractivity contribution in [2.45, 2.75) is 25.3 Å². The number of aromatic amines is 1. The summed E-state index contributed by atoms with van der Waals surface area (Å²) in [4.78, 5) is 25.5. The second-order valence-electron chi connectivity index (χ2n) is 6.51. The van der Waals surface area contributed by atoms with E-state index >= 15 is 0 Å². The van der Waals surface area contributed by atoms with E-state index in [1.807, 2.05) is 30.3 Å². The third-order valence-electron chi connectivity index (χ3n) is 4.32. The third-order valence-corrected chi connectivity index (χ3v) is 6.43. The van der Waals surface area contributed by atoms with Crippen LogP contribution in [0.3, 0.4) is 0 Å². The number of aryl methyl sites for hydroxylation is 2. The number of rotatable bonds is 5. The van der Waals surface area contributed by atoms with Crippen molar-refractivity contribution in [3.05, 3.63) is 86.2 Å². The molecule has 0 aliphatic heterocycles. The highest BCUT2D eigenvalue weighted by Gasteiger charge is 2.25. The molecule has 8 nitrogen and oxygen atoms in total. The van der Waals surface area contributed by atoms with E-state index in [1.54, 1.807) is 26.0 Å². The van der Waals surface area contributed by atoms with E-state index in [9.17, 15) is 18.0 Å². The molecule has 0 aliphatic rings. The van der Waals surface area contributed by atoms with Gasteiger partial charge >= 0.3 is 5.69 Å². The van der Waals surface area contributed by atoms with Crippen molar-refractivity contribution in [1.29, 1.82) is 0 Å². The van der Waals surface area contributed by atoms with Gasteiger partial charge in [-0.15, -0.1) is 0 Å². The van der Waals surface area contributed by atoms with Crippen molar-refractivity contribution in [3.8, 4) is 5.69 Å². The molecule has 0 radical (unpaired) electrons. The minimum absolute atomic E-state index is 0.187. The van der Waals surface area contributed by atoms with Crippen molar-refractivity contribution in [1.82, 2.24) is 19.1 Å². The van der Waals surface area contributed by atoms with Crippen molar-refractivity contribution >= 4 is 10.0 Å². The Labute approximate surface area is 162 Å². The Hall–Kier alpha value is -3.04. The number of aromatic nitrogens is 3. The molecular weight excluding hydrogens is 380 g/mol. The maximum atomic E-state index is 13.1. The lowest BCUT2D eigenvalue weighted by atomic mass is 10.1. The minimum Gasteiger partial charge on any atom is -0.271 e. The normalized spacial score (nSPS) is 11.7. The van der Waals surface area contributed by atoms with Gasteiger partial charge in [0.15, 0.2) is 0 Å². The molecule has 0 unspecified atom stereocenters. The van der Waals surface area contributed by atoms with Crippen LogP contribution < -0.4 is 11.2 Å². The van der Waals surface area contributed by atoms with E-state index in [1.165, 1.54) is 11.4 Å². The lowest BCUT2D eigenvalue weighted by Gasteiger charge is -2.21. The Balaban J connectivity index is 2.02. The van der Waals surface area contributed by atoms with E-state index in [0.717, 1.165) is 16.4 Å². The van der Waals surface area contributed by atoms with Gasteiger partial charge in [0.05, 0.1) is 10.6 Å². The second-order valence-corrected chi connectivity index (χ2v) is 8.49. The van der Waals surface area contributed by atoms with E-state index in [-0.39, 0.29) is 11.4 Å². The lowest BCUT2D eigenvalue weighted by molar-refractivity contribution is 0.466. The van der Waals surface area contributed by atoms with Gasteiger partial charge in [0, 0.05) is 13.6 Å². The fraction of sp³-hybridized carbons (Fsp3) is 0.211. The monoisotopic (exact) mass is 400 g/mol. The Morgan fingerprint density at radius 3 is 2.25 bits per heavy atom. The second kappa shape index (κ2) is 7.53. The molecule has 0 spiro atoms. The molecule has 0 saturated heterocycles. The molecule has 0 atom stereocenters. The van der Waals surface area contributed by atoms with Gasteiger partial charge < -0.3 is 0 Å². The minimum atomic E-state index is -3.75. The summed E-state index contributed by atoms with van der Waals surface area (Å²) >= 11 is 0. The third kappa shape index (κ3) is 3.80. The average molecular weight is 400 g/mol. The van der Waals surface area contributed by atoms with Gasteiger partial charge in [0.25, 0.3) is 5.56 Å². The fourth-order valence-corrected chi connectivity index (χ4v) is 4.64. The maximum Gasteiger partial charge on any atom is 0.349 e. The van der Waals surface area contributed by atoms with Crippen LogP contribution in [0.5, 0.6) is 0 Å². The molecule has 1 aromatic heterocycles. The molecule has 146 valence electrons. The number of H-pyrrole nitrogens is 1. The van der Waals surface area contributed by atoms with Gasteiger partial charge in [-0.2, -0.15) is 14.1 Å². The maximum absolute atomic E-state index is 13.1. The molecular formula is C19H20N4O4S. The highest BCUT2D eigenvalue weighted by Crippen LogP contribution is 2.26. The standard InChI is InChI=1S/C19H20N4O4S/c1-13-9-16(23-19(25)21-17(24)11-20-23)10-14(2)18(13)28(26,27)22(3)12-15-7-5-4-6-8-15/h4-11H,12H2,1-3H3,(H,21,24,25). The summed E-state index contributed by atoms with van der Waals surface area (Å²) in [6.07, 6.45) is 0.990. The molecule has 0 aliphatic carbocycles. The van der Waals surface area contributed by atoms with E-state index in [2.05, 4.69) is 10.1 Å². The molecule has 9 heteroatoms. The molecule has 3 aromatic rings. The smallest absolute Gasteiger partial charge is 0.271 e. The Kier molecular flexibility index (Phi) is 5.30. The van der Waals surface area contributed by atoms with Gasteiger partial charge in [0.2, 0.25) is 10.0 Å². The Morgan fingerprint density at radius 1 is 1.07 bits per heavy atom. The number of nitrogens with zero attached hydrogens (tertiary/aromatic N) is 3. The molecule has 0 amide bonds. The molecule has 0 fully saturated rings. The van der Waals surface area contributed by atoms with Gasteiger partial charge in [0.1, 0.15) is 6.20 Å². The van der Waals surface area contributed by atoms with Gasteiger partial charge in [-0.25, -0.2) is 13.2 Å². The quantitative estimate of drug-likeness (QED) is 0.696. The number of hydrogen-bond donors (Lipinski definition) is 1. The van der Waals surface area contributed by atoms with Gasteiger partial charge in [-0.05, 0) is 42.7 Å².